The van der Waals surface area contributed by atoms with Gasteiger partial charge in [-0.2, -0.15) is 0 Å². The van der Waals surface area contributed by atoms with Gasteiger partial charge in [-0.3, -0.25) is 0 Å². The minimum atomic E-state index is -0.381. The molecule has 0 bridgehead atoms. The molecule has 0 fully saturated rings. The van der Waals surface area contributed by atoms with Crippen LogP contribution in [0.25, 0.3) is 0 Å². The molecule has 1 rings (SSSR count). The zero-order valence-corrected chi connectivity index (χ0v) is 9.86. The zero-order chi connectivity index (χ0) is 12.1. The molecule has 16 heavy (non-hydrogen) atoms. The first kappa shape index (κ1) is 12.7. The Morgan fingerprint density at radius 3 is 2.62 bits per heavy atom. The van der Waals surface area contributed by atoms with E-state index in [9.17, 15) is 4.79 Å². The summed E-state index contributed by atoms with van der Waals surface area (Å²) in [4.78, 5) is 11.4. The molecule has 0 heterocycles. The van der Waals surface area contributed by atoms with Crippen LogP contribution >= 0.6 is 0 Å². The summed E-state index contributed by atoms with van der Waals surface area (Å²) in [6.07, 6.45) is 0.867. The van der Waals surface area contributed by atoms with E-state index in [1.165, 1.54) is 7.11 Å². The number of ether oxygens (including phenoxy) is 1. The third-order valence-electron chi connectivity index (χ3n) is 2.23. The lowest BCUT2D eigenvalue weighted by molar-refractivity contribution is 0.0600. The topological polar surface area (TPSA) is 46.5 Å². The first-order chi connectivity index (χ1) is 7.56. The highest BCUT2D eigenvalue weighted by Gasteiger charge is 2.09. The van der Waals surface area contributed by atoms with E-state index < -0.39 is 0 Å². The Bertz CT molecular complexity index is 369. The second-order valence-corrected chi connectivity index (χ2v) is 4.18. The quantitative estimate of drug-likeness (QED) is 0.795. The summed E-state index contributed by atoms with van der Waals surface area (Å²) in [7, 11) is 1.35. The van der Waals surface area contributed by atoms with Crippen molar-refractivity contribution in [3.8, 4) is 0 Å². The molecule has 0 saturated carbocycles. The van der Waals surface area contributed by atoms with Gasteiger partial charge < -0.3 is 9.84 Å². The molecule has 3 nitrogen and oxygen atoms in total. The molecular formula is C13H17O3. The van der Waals surface area contributed by atoms with Gasteiger partial charge in [-0.1, -0.05) is 19.9 Å². The molecule has 0 saturated heterocycles. The molecule has 0 aliphatic rings. The molecule has 1 aromatic carbocycles. The van der Waals surface area contributed by atoms with Crippen LogP contribution in [0.3, 0.4) is 0 Å². The number of carbonyl (C=O) groups is 1. The number of hydrogen-bond donors (Lipinski definition) is 1. The Kier molecular flexibility index (Phi) is 4.50. The minimum Gasteiger partial charge on any atom is -0.465 e. The van der Waals surface area contributed by atoms with E-state index in [0.717, 1.165) is 18.6 Å². The van der Waals surface area contributed by atoms with E-state index in [2.05, 4.69) is 18.6 Å². The number of aliphatic hydroxyl groups excluding tert-OH is 1. The largest absolute Gasteiger partial charge is 0.465 e. The highest BCUT2D eigenvalue weighted by Crippen LogP contribution is 2.15. The fraction of sp³-hybridized carbons (Fsp3) is 0.385. The SMILES string of the molecule is COC(=O)c1cc([CH]O)cc(CC(C)C)c1. The molecule has 0 spiro atoms. The van der Waals surface area contributed by atoms with Gasteiger partial charge in [0.15, 0.2) is 0 Å². The fourth-order valence-corrected chi connectivity index (χ4v) is 1.62. The smallest absolute Gasteiger partial charge is 0.337 e. The number of rotatable bonds is 4. The normalized spacial score (nSPS) is 10.6. The van der Waals surface area contributed by atoms with Gasteiger partial charge in [-0.05, 0) is 35.6 Å². The van der Waals surface area contributed by atoms with Crippen molar-refractivity contribution in [2.45, 2.75) is 20.3 Å². The molecule has 3 heteroatoms. The summed E-state index contributed by atoms with van der Waals surface area (Å²) >= 11 is 0. The Balaban J connectivity index is 3.05. The van der Waals surface area contributed by atoms with Crippen molar-refractivity contribution in [2.75, 3.05) is 7.11 Å². The van der Waals surface area contributed by atoms with Gasteiger partial charge in [0.2, 0.25) is 0 Å². The second kappa shape index (κ2) is 5.66. The van der Waals surface area contributed by atoms with Crippen molar-refractivity contribution < 1.29 is 14.6 Å². The zero-order valence-electron chi connectivity index (χ0n) is 9.86. The Hall–Kier alpha value is -1.35. The molecular weight excluding hydrogens is 204 g/mol. The van der Waals surface area contributed by atoms with Crippen molar-refractivity contribution in [1.82, 2.24) is 0 Å². The Morgan fingerprint density at radius 2 is 2.12 bits per heavy atom. The lowest BCUT2D eigenvalue weighted by Gasteiger charge is -2.09. The van der Waals surface area contributed by atoms with Gasteiger partial charge in [-0.15, -0.1) is 0 Å². The van der Waals surface area contributed by atoms with Crippen LogP contribution < -0.4 is 0 Å². The molecule has 0 aromatic heterocycles. The van der Waals surface area contributed by atoms with Gasteiger partial charge in [0.1, 0.15) is 6.61 Å². The average Bonchev–Trinajstić information content (AvgIpc) is 2.26. The average molecular weight is 221 g/mol. The molecule has 0 atom stereocenters. The molecule has 1 radical (unpaired) electrons. The maximum absolute atomic E-state index is 11.4. The van der Waals surface area contributed by atoms with Crippen molar-refractivity contribution in [3.63, 3.8) is 0 Å². The van der Waals surface area contributed by atoms with Crippen LogP contribution in [-0.2, 0) is 11.2 Å². The minimum absolute atomic E-state index is 0.381. The van der Waals surface area contributed by atoms with E-state index in [-0.39, 0.29) is 5.97 Å². The molecule has 0 aliphatic heterocycles. The van der Waals surface area contributed by atoms with Crippen LogP contribution in [0.5, 0.6) is 0 Å². The lowest BCUT2D eigenvalue weighted by atomic mass is 9.98. The summed E-state index contributed by atoms with van der Waals surface area (Å²) in [5, 5.41) is 9.00. The predicted molar refractivity (Wildman–Crippen MR) is 61.7 cm³/mol. The van der Waals surface area contributed by atoms with Gasteiger partial charge in [0, 0.05) is 0 Å². The van der Waals surface area contributed by atoms with E-state index in [4.69, 9.17) is 5.11 Å². The van der Waals surface area contributed by atoms with Gasteiger partial charge in [0.25, 0.3) is 0 Å². The lowest BCUT2D eigenvalue weighted by Crippen LogP contribution is -2.04. The van der Waals surface area contributed by atoms with Crippen molar-refractivity contribution in [2.24, 2.45) is 5.92 Å². The van der Waals surface area contributed by atoms with E-state index in [1.807, 2.05) is 6.07 Å². The maximum atomic E-state index is 11.4. The molecule has 1 N–H and O–H groups in total. The monoisotopic (exact) mass is 221 g/mol. The maximum Gasteiger partial charge on any atom is 0.337 e. The van der Waals surface area contributed by atoms with Crippen LogP contribution in [0.1, 0.15) is 35.3 Å². The Morgan fingerprint density at radius 1 is 1.44 bits per heavy atom. The number of aliphatic hydroxyl groups is 1. The molecule has 0 aliphatic carbocycles. The van der Waals surface area contributed by atoms with Crippen molar-refractivity contribution in [1.29, 1.82) is 0 Å². The van der Waals surface area contributed by atoms with Crippen LogP contribution in [0.15, 0.2) is 18.2 Å². The third-order valence-corrected chi connectivity index (χ3v) is 2.23. The highest BCUT2D eigenvalue weighted by atomic mass is 16.5. The number of methoxy groups -OCH3 is 1. The second-order valence-electron chi connectivity index (χ2n) is 4.18. The van der Waals surface area contributed by atoms with Gasteiger partial charge in [-0.25, -0.2) is 4.79 Å². The van der Waals surface area contributed by atoms with Gasteiger partial charge in [0.05, 0.1) is 12.7 Å². The molecule has 1 aromatic rings. The summed E-state index contributed by atoms with van der Waals surface area (Å²) in [6, 6.07) is 5.28. The predicted octanol–water partition coefficient (Wildman–Crippen LogP) is 2.55. The first-order valence-electron chi connectivity index (χ1n) is 5.26. The van der Waals surface area contributed by atoms with Crippen LogP contribution in [0.4, 0.5) is 0 Å². The standard InChI is InChI=1S/C13H17O3/c1-9(2)4-10-5-11(8-14)7-12(6-10)13(15)16-3/h5-9,14H,4H2,1-3H3. The molecule has 87 valence electrons. The molecule has 0 amide bonds. The van der Waals surface area contributed by atoms with E-state index in [1.54, 1.807) is 12.1 Å². The number of esters is 1. The highest BCUT2D eigenvalue weighted by molar-refractivity contribution is 5.89. The first-order valence-corrected chi connectivity index (χ1v) is 5.26. The summed E-state index contributed by atoms with van der Waals surface area (Å²) in [5.74, 6) is 0.119. The van der Waals surface area contributed by atoms with Crippen molar-refractivity contribution in [3.05, 3.63) is 41.5 Å². The Labute approximate surface area is 96.1 Å². The summed E-state index contributed by atoms with van der Waals surface area (Å²) < 4.78 is 4.66. The van der Waals surface area contributed by atoms with Crippen LogP contribution in [0.2, 0.25) is 0 Å². The van der Waals surface area contributed by atoms with Gasteiger partial charge >= 0.3 is 5.97 Å². The van der Waals surface area contributed by atoms with E-state index >= 15 is 0 Å². The number of benzene rings is 1. The summed E-state index contributed by atoms with van der Waals surface area (Å²) in [5.41, 5.74) is 2.12. The van der Waals surface area contributed by atoms with Crippen LogP contribution in [-0.4, -0.2) is 18.2 Å². The van der Waals surface area contributed by atoms with Crippen LogP contribution in [0, 0.1) is 12.5 Å². The van der Waals surface area contributed by atoms with E-state index in [0.29, 0.717) is 17.0 Å². The molecule has 0 unspecified atom stereocenters. The van der Waals surface area contributed by atoms with Crippen molar-refractivity contribution >= 4 is 5.97 Å². The fourth-order valence-electron chi connectivity index (χ4n) is 1.62. The number of carbonyl (C=O) groups excluding carboxylic acids is 1. The summed E-state index contributed by atoms with van der Waals surface area (Å²) in [6.45, 7) is 5.20. The third kappa shape index (κ3) is 3.35. The number of hydrogen-bond acceptors (Lipinski definition) is 3.